The van der Waals surface area contributed by atoms with Crippen molar-refractivity contribution >= 4 is 11.5 Å². The quantitative estimate of drug-likeness (QED) is 0.534. The van der Waals surface area contributed by atoms with Crippen LogP contribution in [0.25, 0.3) is 5.69 Å². The number of anilines is 1. The molecular formula is C20H20N4O3. The lowest BCUT2D eigenvalue weighted by Gasteiger charge is -2.07. The van der Waals surface area contributed by atoms with E-state index in [2.05, 4.69) is 17.4 Å². The van der Waals surface area contributed by atoms with Gasteiger partial charge in [0.25, 0.3) is 5.69 Å². The van der Waals surface area contributed by atoms with E-state index >= 15 is 0 Å². The number of methoxy groups -OCH3 is 1. The van der Waals surface area contributed by atoms with Gasteiger partial charge in [-0.3, -0.25) is 10.1 Å². The summed E-state index contributed by atoms with van der Waals surface area (Å²) in [5.41, 5.74) is 3.89. The minimum atomic E-state index is -0.366. The standard InChI is InChI=1S/C20H20N4O3/c1-27-15-9-6-14(7-10-15)8-11-17-16-12-13-21-20(16)23(22-17)18-4-2-3-5-19(18)24(25)26/h2-7,9-10,21H,8,11-13H2,1H3. The van der Waals surface area contributed by atoms with Crippen LogP contribution in [-0.4, -0.2) is 28.4 Å². The van der Waals surface area contributed by atoms with Gasteiger partial charge in [-0.25, -0.2) is 4.68 Å². The maximum absolute atomic E-state index is 11.4. The SMILES string of the molecule is COc1ccc(CCc2nn(-c3ccccc3[N+](=O)[O-])c3c2CCN3)cc1. The maximum Gasteiger partial charge on any atom is 0.294 e. The number of fused-ring (bicyclic) bond motifs is 1. The van der Waals surface area contributed by atoms with E-state index in [0.717, 1.165) is 48.6 Å². The highest BCUT2D eigenvalue weighted by Crippen LogP contribution is 2.32. The fraction of sp³-hybridized carbons (Fsp3) is 0.250. The molecule has 1 aliphatic rings. The Kier molecular flexibility index (Phi) is 4.50. The third-order valence-corrected chi connectivity index (χ3v) is 4.85. The van der Waals surface area contributed by atoms with E-state index in [1.54, 1.807) is 30.0 Å². The Labute approximate surface area is 156 Å². The molecule has 4 rings (SSSR count). The number of nitrogens with zero attached hydrogens (tertiary/aromatic N) is 3. The first-order chi connectivity index (χ1) is 13.2. The van der Waals surface area contributed by atoms with Crippen LogP contribution in [0.3, 0.4) is 0 Å². The van der Waals surface area contributed by atoms with Crippen molar-refractivity contribution < 1.29 is 9.66 Å². The molecule has 0 spiro atoms. The summed E-state index contributed by atoms with van der Waals surface area (Å²) in [6, 6.07) is 14.7. The first kappa shape index (κ1) is 17.1. The molecule has 7 heteroatoms. The van der Waals surface area contributed by atoms with Crippen LogP contribution in [0.15, 0.2) is 48.5 Å². The van der Waals surface area contributed by atoms with Gasteiger partial charge in [0.15, 0.2) is 0 Å². The predicted octanol–water partition coefficient (Wildman–Crippen LogP) is 3.54. The largest absolute Gasteiger partial charge is 0.497 e. The number of aryl methyl sites for hydroxylation is 2. The van der Waals surface area contributed by atoms with Gasteiger partial charge in [-0.15, -0.1) is 0 Å². The minimum Gasteiger partial charge on any atom is -0.497 e. The number of nitrogens with one attached hydrogen (secondary N) is 1. The molecule has 2 aromatic carbocycles. The number of para-hydroxylation sites is 2. The maximum atomic E-state index is 11.4. The Morgan fingerprint density at radius 1 is 1.19 bits per heavy atom. The fourth-order valence-corrected chi connectivity index (χ4v) is 3.47. The van der Waals surface area contributed by atoms with Crippen LogP contribution in [0.1, 0.15) is 16.8 Å². The van der Waals surface area contributed by atoms with Crippen molar-refractivity contribution in [2.75, 3.05) is 19.0 Å². The molecule has 1 aliphatic heterocycles. The highest BCUT2D eigenvalue weighted by Gasteiger charge is 2.26. The molecule has 0 saturated carbocycles. The van der Waals surface area contributed by atoms with E-state index in [9.17, 15) is 10.1 Å². The van der Waals surface area contributed by atoms with Gasteiger partial charge in [-0.05, 0) is 43.0 Å². The average molecular weight is 364 g/mol. The predicted molar refractivity (Wildman–Crippen MR) is 103 cm³/mol. The van der Waals surface area contributed by atoms with Crippen molar-refractivity contribution in [2.24, 2.45) is 0 Å². The Balaban J connectivity index is 1.64. The fourth-order valence-electron chi connectivity index (χ4n) is 3.47. The third kappa shape index (κ3) is 3.23. The van der Waals surface area contributed by atoms with E-state index in [1.807, 2.05) is 12.1 Å². The van der Waals surface area contributed by atoms with Crippen molar-refractivity contribution in [2.45, 2.75) is 19.3 Å². The monoisotopic (exact) mass is 364 g/mol. The molecule has 0 amide bonds. The zero-order valence-electron chi connectivity index (χ0n) is 15.0. The summed E-state index contributed by atoms with van der Waals surface area (Å²) in [5.74, 6) is 1.71. The van der Waals surface area contributed by atoms with Crippen LogP contribution < -0.4 is 10.1 Å². The molecule has 0 atom stereocenters. The second kappa shape index (κ2) is 7.11. The summed E-state index contributed by atoms with van der Waals surface area (Å²) in [7, 11) is 1.65. The zero-order chi connectivity index (χ0) is 18.8. The zero-order valence-corrected chi connectivity index (χ0v) is 15.0. The highest BCUT2D eigenvalue weighted by molar-refractivity contribution is 5.62. The lowest BCUT2D eigenvalue weighted by molar-refractivity contribution is -0.384. The van der Waals surface area contributed by atoms with Crippen molar-refractivity contribution in [1.82, 2.24) is 9.78 Å². The third-order valence-electron chi connectivity index (χ3n) is 4.85. The molecular weight excluding hydrogens is 344 g/mol. The molecule has 27 heavy (non-hydrogen) atoms. The van der Waals surface area contributed by atoms with Crippen molar-refractivity contribution in [3.63, 3.8) is 0 Å². The summed E-state index contributed by atoms with van der Waals surface area (Å²) >= 11 is 0. The lowest BCUT2D eigenvalue weighted by atomic mass is 10.1. The number of hydrogen-bond donors (Lipinski definition) is 1. The van der Waals surface area contributed by atoms with Crippen LogP contribution >= 0.6 is 0 Å². The second-order valence-electron chi connectivity index (χ2n) is 6.46. The van der Waals surface area contributed by atoms with E-state index < -0.39 is 0 Å². The van der Waals surface area contributed by atoms with E-state index in [0.29, 0.717) is 5.69 Å². The van der Waals surface area contributed by atoms with Gasteiger partial charge >= 0.3 is 0 Å². The smallest absolute Gasteiger partial charge is 0.294 e. The number of nitro groups is 1. The molecule has 0 aliphatic carbocycles. The summed E-state index contributed by atoms with van der Waals surface area (Å²) in [6.07, 6.45) is 2.52. The van der Waals surface area contributed by atoms with E-state index in [1.165, 1.54) is 11.6 Å². The van der Waals surface area contributed by atoms with Gasteiger partial charge in [-0.2, -0.15) is 5.10 Å². The van der Waals surface area contributed by atoms with Gasteiger partial charge in [0.1, 0.15) is 17.3 Å². The molecule has 0 saturated heterocycles. The van der Waals surface area contributed by atoms with Crippen LogP contribution in [0, 0.1) is 10.1 Å². The molecule has 0 bridgehead atoms. The van der Waals surface area contributed by atoms with Crippen LogP contribution in [0.5, 0.6) is 5.75 Å². The first-order valence-corrected chi connectivity index (χ1v) is 8.88. The van der Waals surface area contributed by atoms with Gasteiger partial charge in [0.2, 0.25) is 0 Å². The molecule has 3 aromatic rings. The molecule has 0 radical (unpaired) electrons. The second-order valence-corrected chi connectivity index (χ2v) is 6.46. The highest BCUT2D eigenvalue weighted by atomic mass is 16.6. The van der Waals surface area contributed by atoms with Crippen LogP contribution in [0.2, 0.25) is 0 Å². The van der Waals surface area contributed by atoms with Crippen molar-refractivity contribution in [3.8, 4) is 11.4 Å². The molecule has 0 unspecified atom stereocenters. The van der Waals surface area contributed by atoms with Gasteiger partial charge in [0.05, 0.1) is 17.7 Å². The summed E-state index contributed by atoms with van der Waals surface area (Å²) in [5, 5.41) is 19.4. The lowest BCUT2D eigenvalue weighted by Crippen LogP contribution is -2.07. The topological polar surface area (TPSA) is 82.2 Å². The number of nitro benzene ring substituents is 1. The summed E-state index contributed by atoms with van der Waals surface area (Å²) in [4.78, 5) is 11.0. The van der Waals surface area contributed by atoms with Crippen LogP contribution in [0.4, 0.5) is 11.5 Å². The van der Waals surface area contributed by atoms with Crippen molar-refractivity contribution in [3.05, 3.63) is 75.5 Å². The molecule has 0 fully saturated rings. The van der Waals surface area contributed by atoms with Crippen molar-refractivity contribution in [1.29, 1.82) is 0 Å². The molecule has 1 aromatic heterocycles. The van der Waals surface area contributed by atoms with Crippen LogP contribution in [-0.2, 0) is 19.3 Å². The number of ether oxygens (including phenoxy) is 1. The molecule has 7 nitrogen and oxygen atoms in total. The average Bonchev–Trinajstić information content (AvgIpc) is 3.30. The Hall–Kier alpha value is -3.35. The van der Waals surface area contributed by atoms with E-state index in [-0.39, 0.29) is 10.6 Å². The van der Waals surface area contributed by atoms with E-state index in [4.69, 9.17) is 9.84 Å². The molecule has 138 valence electrons. The number of rotatable bonds is 6. The number of benzene rings is 2. The van der Waals surface area contributed by atoms with Gasteiger partial charge < -0.3 is 10.1 Å². The normalized spacial score (nSPS) is 12.5. The Bertz CT molecular complexity index is 979. The Morgan fingerprint density at radius 3 is 2.70 bits per heavy atom. The van der Waals surface area contributed by atoms with Gasteiger partial charge in [0, 0.05) is 18.2 Å². The Morgan fingerprint density at radius 2 is 1.96 bits per heavy atom. The first-order valence-electron chi connectivity index (χ1n) is 8.88. The molecule has 2 heterocycles. The molecule has 1 N–H and O–H groups in total. The van der Waals surface area contributed by atoms with Gasteiger partial charge in [-0.1, -0.05) is 24.3 Å². The number of aromatic nitrogens is 2. The number of hydrogen-bond acceptors (Lipinski definition) is 5. The summed E-state index contributed by atoms with van der Waals surface area (Å²) < 4.78 is 6.88. The summed E-state index contributed by atoms with van der Waals surface area (Å²) in [6.45, 7) is 0.823. The minimum absolute atomic E-state index is 0.0539.